The van der Waals surface area contributed by atoms with Crippen LogP contribution in [0.15, 0.2) is 40.3 Å². The Morgan fingerprint density at radius 1 is 1.30 bits per heavy atom. The van der Waals surface area contributed by atoms with E-state index in [2.05, 4.69) is 22.3 Å². The Bertz CT molecular complexity index is 1170. The molecule has 2 aromatic heterocycles. The quantitative estimate of drug-likeness (QED) is 0.351. The molecule has 1 aliphatic carbocycles. The Morgan fingerprint density at radius 2 is 2.09 bits per heavy atom. The van der Waals surface area contributed by atoms with Gasteiger partial charge in [-0.3, -0.25) is 14.2 Å². The molecule has 33 heavy (non-hydrogen) atoms. The van der Waals surface area contributed by atoms with Crippen molar-refractivity contribution in [2.45, 2.75) is 37.0 Å². The molecule has 1 aliphatic rings. The van der Waals surface area contributed by atoms with E-state index in [1.807, 2.05) is 32.3 Å². The topological polar surface area (TPSA) is 76.5 Å². The summed E-state index contributed by atoms with van der Waals surface area (Å²) in [5.74, 6) is 0.120. The van der Waals surface area contributed by atoms with Crippen LogP contribution in [0.5, 0.6) is 0 Å². The second-order valence-electron chi connectivity index (χ2n) is 8.36. The van der Waals surface area contributed by atoms with Crippen LogP contribution in [-0.4, -0.2) is 60.5 Å². The second kappa shape index (κ2) is 10.8. The molecule has 0 radical (unpaired) electrons. The van der Waals surface area contributed by atoms with E-state index in [1.165, 1.54) is 22.2 Å². The Morgan fingerprint density at radius 3 is 2.82 bits per heavy atom. The molecule has 1 amide bonds. The first kappa shape index (κ1) is 23.9. The van der Waals surface area contributed by atoms with Gasteiger partial charge < -0.3 is 15.0 Å². The van der Waals surface area contributed by atoms with E-state index in [4.69, 9.17) is 9.72 Å². The molecule has 9 heteroatoms. The molecule has 1 N–H and O–H groups in total. The Hall–Kier alpha value is -2.20. The minimum Gasteiger partial charge on any atom is -0.383 e. The molecule has 0 spiro atoms. The first-order valence-electron chi connectivity index (χ1n) is 11.1. The summed E-state index contributed by atoms with van der Waals surface area (Å²) in [6.45, 7) is 1.35. The number of hydrogen-bond acceptors (Lipinski definition) is 7. The van der Waals surface area contributed by atoms with Crippen LogP contribution in [0.1, 0.15) is 28.5 Å². The highest BCUT2D eigenvalue weighted by atomic mass is 32.2. The molecule has 7 nitrogen and oxygen atoms in total. The number of carbonyl (C=O) groups is 1. The Kier molecular flexibility index (Phi) is 7.85. The van der Waals surface area contributed by atoms with Crippen molar-refractivity contribution < 1.29 is 9.53 Å². The van der Waals surface area contributed by atoms with Crippen LogP contribution in [0, 0.1) is 0 Å². The fourth-order valence-electron chi connectivity index (χ4n) is 4.21. The maximum Gasteiger partial charge on any atom is 0.263 e. The summed E-state index contributed by atoms with van der Waals surface area (Å²) < 4.78 is 6.89. The summed E-state index contributed by atoms with van der Waals surface area (Å²) in [6, 6.07) is 10.2. The van der Waals surface area contributed by atoms with E-state index >= 15 is 0 Å². The number of benzene rings is 1. The van der Waals surface area contributed by atoms with Crippen LogP contribution in [0.4, 0.5) is 0 Å². The van der Waals surface area contributed by atoms with Gasteiger partial charge >= 0.3 is 0 Å². The zero-order valence-electron chi connectivity index (χ0n) is 19.3. The summed E-state index contributed by atoms with van der Waals surface area (Å²) >= 11 is 2.93. The van der Waals surface area contributed by atoms with Gasteiger partial charge in [-0.1, -0.05) is 42.1 Å². The molecule has 0 bridgehead atoms. The van der Waals surface area contributed by atoms with Gasteiger partial charge in [0, 0.05) is 18.5 Å². The lowest BCUT2D eigenvalue weighted by Crippen LogP contribution is -2.35. The van der Waals surface area contributed by atoms with Gasteiger partial charge in [0.1, 0.15) is 4.83 Å². The first-order chi connectivity index (χ1) is 16.0. The third-order valence-electron chi connectivity index (χ3n) is 5.94. The smallest absolute Gasteiger partial charge is 0.263 e. The van der Waals surface area contributed by atoms with Crippen molar-refractivity contribution in [2.24, 2.45) is 0 Å². The number of hydrogen-bond donors (Lipinski definition) is 1. The van der Waals surface area contributed by atoms with Crippen LogP contribution in [0.25, 0.3) is 10.2 Å². The van der Waals surface area contributed by atoms with Crippen molar-refractivity contribution in [1.29, 1.82) is 0 Å². The number of fused-ring (bicyclic) bond motifs is 3. The predicted molar refractivity (Wildman–Crippen MR) is 134 cm³/mol. The van der Waals surface area contributed by atoms with Crippen molar-refractivity contribution >= 4 is 39.2 Å². The molecule has 3 aromatic rings. The van der Waals surface area contributed by atoms with Crippen molar-refractivity contribution in [3.8, 4) is 0 Å². The third kappa shape index (κ3) is 5.32. The lowest BCUT2D eigenvalue weighted by Gasteiger charge is -2.25. The van der Waals surface area contributed by atoms with Crippen LogP contribution in [-0.2, 0) is 28.9 Å². The monoisotopic (exact) mass is 486 g/mol. The molecular weight excluding hydrogens is 456 g/mol. The number of thiophene rings is 1. The van der Waals surface area contributed by atoms with Gasteiger partial charge in [0.15, 0.2) is 5.16 Å². The van der Waals surface area contributed by atoms with E-state index in [0.29, 0.717) is 24.9 Å². The van der Waals surface area contributed by atoms with E-state index < -0.39 is 0 Å². The van der Waals surface area contributed by atoms with Crippen molar-refractivity contribution in [2.75, 3.05) is 40.1 Å². The largest absolute Gasteiger partial charge is 0.383 e. The van der Waals surface area contributed by atoms with Crippen molar-refractivity contribution in [3.05, 3.63) is 56.7 Å². The SMILES string of the molecule is COCCn1c(SCC(=O)NCC(c2ccccc2)N(C)C)nc2sc3c(c2c1=O)CCC3. The maximum absolute atomic E-state index is 13.3. The molecule has 0 saturated heterocycles. The summed E-state index contributed by atoms with van der Waals surface area (Å²) in [6.07, 6.45) is 3.06. The molecule has 2 heterocycles. The van der Waals surface area contributed by atoms with Crippen LogP contribution in [0.2, 0.25) is 0 Å². The van der Waals surface area contributed by atoms with E-state index in [0.717, 1.165) is 35.0 Å². The zero-order valence-corrected chi connectivity index (χ0v) is 20.9. The maximum atomic E-state index is 13.3. The fraction of sp³-hybridized carbons (Fsp3) is 0.458. The summed E-state index contributed by atoms with van der Waals surface area (Å²) in [5, 5.41) is 4.37. The van der Waals surface area contributed by atoms with Gasteiger partial charge in [0.05, 0.1) is 30.3 Å². The molecule has 0 aliphatic heterocycles. The van der Waals surface area contributed by atoms with Crippen molar-refractivity contribution in [1.82, 2.24) is 19.8 Å². The van der Waals surface area contributed by atoms with Gasteiger partial charge in [0.2, 0.25) is 5.91 Å². The lowest BCUT2D eigenvalue weighted by molar-refractivity contribution is -0.118. The lowest BCUT2D eigenvalue weighted by atomic mass is 10.1. The summed E-state index contributed by atoms with van der Waals surface area (Å²) in [5.41, 5.74) is 2.31. The zero-order chi connectivity index (χ0) is 23.4. The van der Waals surface area contributed by atoms with Gasteiger partial charge in [-0.2, -0.15) is 0 Å². The Balaban J connectivity index is 1.48. The molecule has 1 atom stereocenters. The van der Waals surface area contributed by atoms with Crippen molar-refractivity contribution in [3.63, 3.8) is 0 Å². The van der Waals surface area contributed by atoms with Gasteiger partial charge in [-0.25, -0.2) is 4.98 Å². The number of aromatic nitrogens is 2. The molecule has 176 valence electrons. The second-order valence-corrected chi connectivity index (χ2v) is 10.4. The number of nitrogens with zero attached hydrogens (tertiary/aromatic N) is 3. The number of thioether (sulfide) groups is 1. The minimum atomic E-state index is -0.0795. The fourth-order valence-corrected chi connectivity index (χ4v) is 6.37. The molecule has 4 rings (SSSR count). The van der Waals surface area contributed by atoms with E-state index in [9.17, 15) is 9.59 Å². The van der Waals surface area contributed by atoms with Gasteiger partial charge in [0.25, 0.3) is 5.56 Å². The highest BCUT2D eigenvalue weighted by molar-refractivity contribution is 7.99. The van der Waals surface area contributed by atoms with Crippen LogP contribution >= 0.6 is 23.1 Å². The van der Waals surface area contributed by atoms with E-state index in [-0.39, 0.29) is 23.3 Å². The molecule has 0 saturated carbocycles. The number of rotatable bonds is 10. The number of nitrogens with one attached hydrogen (secondary N) is 1. The minimum absolute atomic E-state index is 0.0175. The first-order valence-corrected chi connectivity index (χ1v) is 12.9. The molecular formula is C24H30N4O3S2. The van der Waals surface area contributed by atoms with Crippen LogP contribution < -0.4 is 10.9 Å². The standard InChI is InChI=1S/C24H30N4O3S2/c1-27(2)18(16-8-5-4-6-9-16)14-25-20(29)15-32-24-26-22-21(17-10-7-11-19(17)33-22)23(30)28(24)12-13-31-3/h4-6,8-9,18H,7,10-15H2,1-3H3,(H,25,29). The summed E-state index contributed by atoms with van der Waals surface area (Å²) in [7, 11) is 5.63. The molecule has 0 fully saturated rings. The Labute approximate surface area is 202 Å². The number of likely N-dealkylation sites (N-methyl/N-ethyl adjacent to an activating group) is 1. The van der Waals surface area contributed by atoms with Crippen LogP contribution in [0.3, 0.4) is 0 Å². The van der Waals surface area contributed by atoms with Gasteiger partial charge in [-0.05, 0) is 44.5 Å². The highest BCUT2D eigenvalue weighted by Gasteiger charge is 2.23. The summed E-state index contributed by atoms with van der Waals surface area (Å²) in [4.78, 5) is 35.0. The average Bonchev–Trinajstić information content (AvgIpc) is 3.39. The number of ether oxygens (including phenoxy) is 1. The predicted octanol–water partition coefficient (Wildman–Crippen LogP) is 3.10. The number of amides is 1. The number of carbonyl (C=O) groups excluding carboxylic acids is 1. The molecule has 1 unspecified atom stereocenters. The highest BCUT2D eigenvalue weighted by Crippen LogP contribution is 2.35. The third-order valence-corrected chi connectivity index (χ3v) is 8.10. The van der Waals surface area contributed by atoms with E-state index in [1.54, 1.807) is 23.0 Å². The molecule has 1 aromatic carbocycles. The van der Waals surface area contributed by atoms with Gasteiger partial charge in [-0.15, -0.1) is 11.3 Å². The number of methoxy groups -OCH3 is 1. The average molecular weight is 487 g/mol. The normalized spacial score (nSPS) is 14.1. The number of aryl methyl sites for hydroxylation is 2.